The summed E-state index contributed by atoms with van der Waals surface area (Å²) < 4.78 is 5.66. The first-order valence-corrected chi connectivity index (χ1v) is 7.61. The Morgan fingerprint density at radius 3 is 2.60 bits per heavy atom. The van der Waals surface area contributed by atoms with Crippen molar-refractivity contribution >= 4 is 28.7 Å². The van der Waals surface area contributed by atoms with Crippen LogP contribution in [0.25, 0.3) is 10.4 Å². The predicted molar refractivity (Wildman–Crippen MR) is 81.9 cm³/mol. The van der Waals surface area contributed by atoms with Gasteiger partial charge in [-0.05, 0) is 29.8 Å². The summed E-state index contributed by atoms with van der Waals surface area (Å²) in [5, 5.41) is 0.742. The summed E-state index contributed by atoms with van der Waals surface area (Å²) >= 11 is 7.58. The molecule has 20 heavy (non-hydrogen) atoms. The largest absolute Gasteiger partial charge is 0.492 e. The highest BCUT2D eigenvalue weighted by Gasteiger charge is 2.13. The summed E-state index contributed by atoms with van der Waals surface area (Å²) in [5.74, 6) is 0.962. The van der Waals surface area contributed by atoms with Crippen LogP contribution in [-0.2, 0) is 16.1 Å². The number of carbonyl (C=O) groups excluding carboxylic acids is 1. The second-order valence-corrected chi connectivity index (χ2v) is 6.24. The van der Waals surface area contributed by atoms with Crippen LogP contribution in [0.5, 0.6) is 0 Å². The molecular weight excluding hydrogens is 292 g/mol. The normalized spacial score (nSPS) is 14.4. The predicted octanol–water partition coefficient (Wildman–Crippen LogP) is 4.83. The van der Waals surface area contributed by atoms with Gasteiger partial charge in [0, 0.05) is 33.7 Å². The fraction of sp³-hybridized carbons (Fsp3) is 0.188. The zero-order chi connectivity index (χ0) is 13.9. The Morgan fingerprint density at radius 2 is 1.90 bits per heavy atom. The van der Waals surface area contributed by atoms with Crippen molar-refractivity contribution in [2.75, 3.05) is 0 Å². The standard InChI is InChI=1S/C16H13ClO2S/c17-12-3-1-11(2-4-12)16-8-7-15(20-16)10-19-14-6-5-13(18)9-14/h1-4,7-9H,5-6,10H2. The van der Waals surface area contributed by atoms with Crippen LogP contribution in [0.2, 0.25) is 5.02 Å². The number of ether oxygens (including phenoxy) is 1. The zero-order valence-corrected chi connectivity index (χ0v) is 12.3. The average Bonchev–Trinajstić information content (AvgIpc) is 3.06. The van der Waals surface area contributed by atoms with Crippen LogP contribution in [0, 0.1) is 0 Å². The van der Waals surface area contributed by atoms with Crippen LogP contribution in [0.4, 0.5) is 0 Å². The van der Waals surface area contributed by atoms with Crippen LogP contribution in [0.15, 0.2) is 48.2 Å². The third-order valence-corrected chi connectivity index (χ3v) is 4.49. The molecular formula is C16H13ClO2S. The summed E-state index contributed by atoms with van der Waals surface area (Å²) in [4.78, 5) is 13.5. The van der Waals surface area contributed by atoms with Crippen LogP contribution in [0.1, 0.15) is 17.7 Å². The lowest BCUT2D eigenvalue weighted by molar-refractivity contribution is -0.114. The molecule has 3 rings (SSSR count). The first-order valence-electron chi connectivity index (χ1n) is 6.41. The topological polar surface area (TPSA) is 26.3 Å². The molecule has 0 aliphatic heterocycles. The molecule has 0 saturated carbocycles. The Balaban J connectivity index is 1.66. The monoisotopic (exact) mass is 304 g/mol. The van der Waals surface area contributed by atoms with Crippen molar-refractivity contribution in [3.8, 4) is 10.4 Å². The van der Waals surface area contributed by atoms with E-state index in [1.807, 2.05) is 24.3 Å². The number of halogens is 1. The molecule has 4 heteroatoms. The van der Waals surface area contributed by atoms with E-state index in [1.54, 1.807) is 17.4 Å². The molecule has 1 aliphatic carbocycles. The van der Waals surface area contributed by atoms with Crippen LogP contribution < -0.4 is 0 Å². The quantitative estimate of drug-likeness (QED) is 0.808. The van der Waals surface area contributed by atoms with Gasteiger partial charge in [0.15, 0.2) is 5.78 Å². The van der Waals surface area contributed by atoms with Gasteiger partial charge in [-0.25, -0.2) is 0 Å². The van der Waals surface area contributed by atoms with Gasteiger partial charge in [0.1, 0.15) is 12.4 Å². The second kappa shape index (κ2) is 5.81. The molecule has 0 radical (unpaired) electrons. The van der Waals surface area contributed by atoms with E-state index in [2.05, 4.69) is 12.1 Å². The first-order chi connectivity index (χ1) is 9.70. The number of hydrogen-bond donors (Lipinski definition) is 0. The van der Waals surface area contributed by atoms with Gasteiger partial charge in [-0.3, -0.25) is 4.79 Å². The molecule has 0 unspecified atom stereocenters. The minimum absolute atomic E-state index is 0.160. The number of ketones is 1. The highest BCUT2D eigenvalue weighted by molar-refractivity contribution is 7.15. The Bertz CT molecular complexity index is 655. The Hall–Kier alpha value is -1.58. The third kappa shape index (κ3) is 3.11. The van der Waals surface area contributed by atoms with Gasteiger partial charge >= 0.3 is 0 Å². The molecule has 0 amide bonds. The van der Waals surface area contributed by atoms with Gasteiger partial charge in [0.2, 0.25) is 0 Å². The van der Waals surface area contributed by atoms with Gasteiger partial charge in [-0.1, -0.05) is 23.7 Å². The summed E-state index contributed by atoms with van der Waals surface area (Å²) in [7, 11) is 0. The number of benzene rings is 1. The van der Waals surface area contributed by atoms with E-state index >= 15 is 0 Å². The fourth-order valence-corrected chi connectivity index (χ4v) is 3.13. The van der Waals surface area contributed by atoms with Crippen molar-refractivity contribution in [2.45, 2.75) is 19.4 Å². The molecule has 1 aromatic heterocycles. The van der Waals surface area contributed by atoms with E-state index in [4.69, 9.17) is 16.3 Å². The van der Waals surface area contributed by atoms with E-state index in [-0.39, 0.29) is 5.78 Å². The van der Waals surface area contributed by atoms with E-state index in [0.717, 1.165) is 27.6 Å². The van der Waals surface area contributed by atoms with Gasteiger partial charge < -0.3 is 4.74 Å². The molecule has 0 bridgehead atoms. The lowest BCUT2D eigenvalue weighted by Gasteiger charge is -2.03. The molecule has 0 spiro atoms. The lowest BCUT2D eigenvalue weighted by Crippen LogP contribution is -1.88. The van der Waals surface area contributed by atoms with Crippen LogP contribution >= 0.6 is 22.9 Å². The van der Waals surface area contributed by atoms with E-state index in [0.29, 0.717) is 13.0 Å². The molecule has 2 aromatic rings. The van der Waals surface area contributed by atoms with Gasteiger partial charge in [-0.15, -0.1) is 11.3 Å². The van der Waals surface area contributed by atoms with E-state index in [1.165, 1.54) is 4.88 Å². The Kier molecular flexibility index (Phi) is 3.90. The maximum atomic E-state index is 11.1. The van der Waals surface area contributed by atoms with Gasteiger partial charge in [0.05, 0.1) is 0 Å². The molecule has 2 nitrogen and oxygen atoms in total. The summed E-state index contributed by atoms with van der Waals surface area (Å²) in [6, 6.07) is 11.9. The number of carbonyl (C=O) groups is 1. The maximum absolute atomic E-state index is 11.1. The molecule has 0 N–H and O–H groups in total. The first kappa shape index (κ1) is 13.4. The van der Waals surface area contributed by atoms with Crippen molar-refractivity contribution < 1.29 is 9.53 Å². The second-order valence-electron chi connectivity index (χ2n) is 4.64. The van der Waals surface area contributed by atoms with Gasteiger partial charge in [0.25, 0.3) is 0 Å². The molecule has 102 valence electrons. The van der Waals surface area contributed by atoms with Crippen molar-refractivity contribution in [3.63, 3.8) is 0 Å². The number of thiophene rings is 1. The van der Waals surface area contributed by atoms with Crippen molar-refractivity contribution in [1.29, 1.82) is 0 Å². The van der Waals surface area contributed by atoms with Crippen molar-refractivity contribution in [2.24, 2.45) is 0 Å². The highest BCUT2D eigenvalue weighted by atomic mass is 35.5. The third-order valence-electron chi connectivity index (χ3n) is 3.13. The van der Waals surface area contributed by atoms with E-state index < -0.39 is 0 Å². The van der Waals surface area contributed by atoms with E-state index in [9.17, 15) is 4.79 Å². The zero-order valence-electron chi connectivity index (χ0n) is 10.8. The average molecular weight is 305 g/mol. The van der Waals surface area contributed by atoms with Gasteiger partial charge in [-0.2, -0.15) is 0 Å². The maximum Gasteiger partial charge on any atom is 0.159 e. The minimum Gasteiger partial charge on any atom is -0.492 e. The SMILES string of the molecule is O=C1C=C(OCc2ccc(-c3ccc(Cl)cc3)s2)CC1. The number of allylic oxidation sites excluding steroid dienone is 2. The minimum atomic E-state index is 0.160. The highest BCUT2D eigenvalue weighted by Crippen LogP contribution is 2.30. The summed E-state index contributed by atoms with van der Waals surface area (Å²) in [6.07, 6.45) is 2.91. The lowest BCUT2D eigenvalue weighted by atomic mass is 10.2. The van der Waals surface area contributed by atoms with Crippen molar-refractivity contribution in [3.05, 3.63) is 58.1 Å². The Labute approximate surface area is 126 Å². The summed E-state index contributed by atoms with van der Waals surface area (Å²) in [6.45, 7) is 0.525. The van der Waals surface area contributed by atoms with Crippen LogP contribution in [-0.4, -0.2) is 5.78 Å². The molecule has 0 saturated heterocycles. The number of hydrogen-bond acceptors (Lipinski definition) is 3. The van der Waals surface area contributed by atoms with Crippen molar-refractivity contribution in [1.82, 2.24) is 0 Å². The number of rotatable bonds is 4. The Morgan fingerprint density at radius 1 is 1.10 bits per heavy atom. The fourth-order valence-electron chi connectivity index (χ4n) is 2.07. The molecule has 1 heterocycles. The molecule has 1 aliphatic rings. The van der Waals surface area contributed by atoms with Crippen LogP contribution in [0.3, 0.4) is 0 Å². The smallest absolute Gasteiger partial charge is 0.159 e. The molecule has 1 aromatic carbocycles. The molecule has 0 atom stereocenters. The molecule has 0 fully saturated rings. The summed E-state index contributed by atoms with van der Waals surface area (Å²) in [5.41, 5.74) is 1.15.